The molecule has 1 saturated heterocycles. The van der Waals surface area contributed by atoms with Crippen LogP contribution >= 0.6 is 11.3 Å². The van der Waals surface area contributed by atoms with Crippen molar-refractivity contribution < 1.29 is 4.74 Å². The summed E-state index contributed by atoms with van der Waals surface area (Å²) in [6, 6.07) is 4.46. The van der Waals surface area contributed by atoms with Gasteiger partial charge in [-0.3, -0.25) is 4.90 Å². The Hall–Kier alpha value is -1.50. The van der Waals surface area contributed by atoms with Gasteiger partial charge in [-0.25, -0.2) is 9.97 Å². The minimum Gasteiger partial charge on any atom is -0.383 e. The number of aromatic nitrogens is 2. The van der Waals surface area contributed by atoms with Gasteiger partial charge < -0.3 is 10.1 Å². The predicted molar refractivity (Wildman–Crippen MR) is 89.8 cm³/mol. The van der Waals surface area contributed by atoms with E-state index in [2.05, 4.69) is 20.6 Å². The van der Waals surface area contributed by atoms with E-state index in [1.165, 1.54) is 12.8 Å². The van der Waals surface area contributed by atoms with Gasteiger partial charge in [0.05, 0.1) is 18.3 Å². The van der Waals surface area contributed by atoms with Gasteiger partial charge in [-0.2, -0.15) is 0 Å². The standard InChI is InChI=1S/C16H22N4OS/c1-12-5-6-15(17-10-12)19-16-18-13(11-22-16)14-4-3-7-20(14)8-9-21-2/h5-6,10-11,14H,3-4,7-9H2,1-2H3,(H,17,18,19). The molecule has 0 spiro atoms. The first-order chi connectivity index (χ1) is 10.8. The molecule has 1 atom stereocenters. The molecular weight excluding hydrogens is 296 g/mol. The molecule has 1 aliphatic rings. The Morgan fingerprint density at radius 1 is 1.45 bits per heavy atom. The zero-order chi connectivity index (χ0) is 15.4. The molecule has 1 aliphatic heterocycles. The Labute approximate surface area is 135 Å². The zero-order valence-electron chi connectivity index (χ0n) is 13.1. The summed E-state index contributed by atoms with van der Waals surface area (Å²) in [6.07, 6.45) is 4.27. The number of likely N-dealkylation sites (tertiary alicyclic amines) is 1. The molecule has 1 unspecified atom stereocenters. The molecule has 0 radical (unpaired) electrons. The van der Waals surface area contributed by atoms with E-state index in [1.807, 2.05) is 25.3 Å². The van der Waals surface area contributed by atoms with E-state index in [0.29, 0.717) is 6.04 Å². The number of nitrogens with zero attached hydrogens (tertiary/aromatic N) is 3. The van der Waals surface area contributed by atoms with Gasteiger partial charge in [0, 0.05) is 25.2 Å². The molecule has 22 heavy (non-hydrogen) atoms. The molecule has 2 aromatic rings. The van der Waals surface area contributed by atoms with Crippen LogP contribution in [0, 0.1) is 6.92 Å². The number of hydrogen-bond acceptors (Lipinski definition) is 6. The topological polar surface area (TPSA) is 50.3 Å². The lowest BCUT2D eigenvalue weighted by Crippen LogP contribution is -2.27. The highest BCUT2D eigenvalue weighted by Gasteiger charge is 2.27. The Bertz CT molecular complexity index is 598. The highest BCUT2D eigenvalue weighted by molar-refractivity contribution is 7.13. The van der Waals surface area contributed by atoms with Gasteiger partial charge in [-0.1, -0.05) is 6.07 Å². The molecule has 6 heteroatoms. The van der Waals surface area contributed by atoms with E-state index in [-0.39, 0.29) is 0 Å². The van der Waals surface area contributed by atoms with E-state index in [1.54, 1.807) is 18.4 Å². The Kier molecular flexibility index (Phi) is 5.02. The number of hydrogen-bond donors (Lipinski definition) is 1. The molecule has 0 amide bonds. The molecule has 0 saturated carbocycles. The van der Waals surface area contributed by atoms with Crippen molar-refractivity contribution in [2.75, 3.05) is 32.1 Å². The van der Waals surface area contributed by atoms with Crippen molar-refractivity contribution in [3.05, 3.63) is 35.0 Å². The van der Waals surface area contributed by atoms with E-state index in [0.717, 1.165) is 41.9 Å². The van der Waals surface area contributed by atoms with Crippen LogP contribution in [0.2, 0.25) is 0 Å². The van der Waals surface area contributed by atoms with Gasteiger partial charge in [-0.15, -0.1) is 11.3 Å². The fourth-order valence-corrected chi connectivity index (χ4v) is 3.55. The molecule has 0 bridgehead atoms. The average molecular weight is 318 g/mol. The molecule has 5 nitrogen and oxygen atoms in total. The molecule has 1 N–H and O–H groups in total. The normalized spacial score (nSPS) is 18.7. The third-order valence-corrected chi connectivity index (χ3v) is 4.73. The third-order valence-electron chi connectivity index (χ3n) is 3.96. The maximum Gasteiger partial charge on any atom is 0.188 e. The fraction of sp³-hybridized carbons (Fsp3) is 0.500. The number of thiazole rings is 1. The van der Waals surface area contributed by atoms with E-state index < -0.39 is 0 Å². The first kappa shape index (κ1) is 15.4. The summed E-state index contributed by atoms with van der Waals surface area (Å²) in [6.45, 7) is 4.92. The number of anilines is 2. The summed E-state index contributed by atoms with van der Waals surface area (Å²) in [4.78, 5) is 11.6. The molecule has 1 fully saturated rings. The van der Waals surface area contributed by atoms with Crippen molar-refractivity contribution in [3.63, 3.8) is 0 Å². The molecule has 118 valence electrons. The number of aryl methyl sites for hydroxylation is 1. The van der Waals surface area contributed by atoms with Crippen molar-refractivity contribution in [3.8, 4) is 0 Å². The van der Waals surface area contributed by atoms with E-state index in [4.69, 9.17) is 9.72 Å². The lowest BCUT2D eigenvalue weighted by Gasteiger charge is -2.22. The Morgan fingerprint density at radius 3 is 3.14 bits per heavy atom. The minimum atomic E-state index is 0.424. The molecular formula is C16H22N4OS. The number of ether oxygens (including phenoxy) is 1. The molecule has 3 heterocycles. The second-order valence-electron chi connectivity index (χ2n) is 5.61. The number of rotatable bonds is 6. The van der Waals surface area contributed by atoms with Gasteiger partial charge in [0.2, 0.25) is 0 Å². The van der Waals surface area contributed by atoms with E-state index >= 15 is 0 Å². The SMILES string of the molecule is COCCN1CCCC1c1csc(Nc2ccc(C)cn2)n1. The van der Waals surface area contributed by atoms with Crippen molar-refractivity contribution in [2.24, 2.45) is 0 Å². The average Bonchev–Trinajstić information content (AvgIpc) is 3.16. The highest BCUT2D eigenvalue weighted by atomic mass is 32.1. The summed E-state index contributed by atoms with van der Waals surface area (Å²) in [5, 5.41) is 6.35. The van der Waals surface area contributed by atoms with Crippen molar-refractivity contribution in [2.45, 2.75) is 25.8 Å². The molecule has 3 rings (SSSR count). The molecule has 0 aliphatic carbocycles. The number of pyridine rings is 1. The smallest absolute Gasteiger partial charge is 0.188 e. The minimum absolute atomic E-state index is 0.424. The van der Waals surface area contributed by atoms with E-state index in [9.17, 15) is 0 Å². The van der Waals surface area contributed by atoms with Crippen LogP contribution in [-0.2, 0) is 4.74 Å². The quantitative estimate of drug-likeness (QED) is 0.885. The number of methoxy groups -OCH3 is 1. The first-order valence-corrected chi connectivity index (χ1v) is 8.52. The monoisotopic (exact) mass is 318 g/mol. The van der Waals surface area contributed by atoms with Crippen LogP contribution in [0.25, 0.3) is 0 Å². The largest absolute Gasteiger partial charge is 0.383 e. The van der Waals surface area contributed by atoms with Crippen molar-refractivity contribution >= 4 is 22.3 Å². The van der Waals surface area contributed by atoms with Crippen molar-refractivity contribution in [1.29, 1.82) is 0 Å². The van der Waals surface area contributed by atoms with Crippen LogP contribution in [0.15, 0.2) is 23.7 Å². The van der Waals surface area contributed by atoms with Gasteiger partial charge in [-0.05, 0) is 37.9 Å². The van der Waals surface area contributed by atoms with Crippen molar-refractivity contribution in [1.82, 2.24) is 14.9 Å². The van der Waals surface area contributed by atoms with Crippen LogP contribution < -0.4 is 5.32 Å². The maximum atomic E-state index is 5.20. The third kappa shape index (κ3) is 3.63. The van der Waals surface area contributed by atoms with Crippen LogP contribution in [0.1, 0.15) is 30.1 Å². The molecule has 2 aromatic heterocycles. The summed E-state index contributed by atoms with van der Waals surface area (Å²) in [5.41, 5.74) is 2.32. The second kappa shape index (κ2) is 7.17. The summed E-state index contributed by atoms with van der Waals surface area (Å²) in [5.74, 6) is 0.842. The van der Waals surface area contributed by atoms with Gasteiger partial charge in [0.15, 0.2) is 5.13 Å². The first-order valence-electron chi connectivity index (χ1n) is 7.64. The highest BCUT2D eigenvalue weighted by Crippen LogP contribution is 2.33. The van der Waals surface area contributed by atoms with Crippen LogP contribution in [0.5, 0.6) is 0 Å². The summed E-state index contributed by atoms with van der Waals surface area (Å²) >= 11 is 1.64. The Balaban J connectivity index is 1.66. The number of nitrogens with one attached hydrogen (secondary N) is 1. The lowest BCUT2D eigenvalue weighted by atomic mass is 10.2. The van der Waals surface area contributed by atoms with Gasteiger partial charge >= 0.3 is 0 Å². The second-order valence-corrected chi connectivity index (χ2v) is 6.47. The van der Waals surface area contributed by atoms with Crippen LogP contribution in [-0.4, -0.2) is 41.7 Å². The predicted octanol–water partition coefficient (Wildman–Crippen LogP) is 3.37. The lowest BCUT2D eigenvalue weighted by molar-refractivity contribution is 0.140. The molecule has 0 aromatic carbocycles. The van der Waals surface area contributed by atoms with Crippen LogP contribution in [0.3, 0.4) is 0 Å². The van der Waals surface area contributed by atoms with Gasteiger partial charge in [0.1, 0.15) is 5.82 Å². The fourth-order valence-electron chi connectivity index (χ4n) is 2.79. The summed E-state index contributed by atoms with van der Waals surface area (Å²) in [7, 11) is 1.75. The zero-order valence-corrected chi connectivity index (χ0v) is 13.9. The summed E-state index contributed by atoms with van der Waals surface area (Å²) < 4.78 is 5.20. The van der Waals surface area contributed by atoms with Gasteiger partial charge in [0.25, 0.3) is 0 Å². The Morgan fingerprint density at radius 2 is 2.36 bits per heavy atom. The maximum absolute atomic E-state index is 5.20. The van der Waals surface area contributed by atoms with Crippen LogP contribution in [0.4, 0.5) is 10.9 Å².